The molecule has 1 N–H and O–H groups in total. The number of alkyl halides is 2. The van der Waals surface area contributed by atoms with Gasteiger partial charge < -0.3 is 4.98 Å². The molecule has 5 nitrogen and oxygen atoms in total. The van der Waals surface area contributed by atoms with Crippen molar-refractivity contribution < 1.29 is 13.7 Å². The number of H-pyrrole nitrogens is 1. The Kier molecular flexibility index (Phi) is 2.80. The molecule has 0 aromatic carbocycles. The highest BCUT2D eigenvalue weighted by atomic mass is 35.5. The van der Waals surface area contributed by atoms with E-state index in [-0.39, 0.29) is 0 Å². The first-order chi connectivity index (χ1) is 6.45. The molecule has 0 unspecified atom stereocenters. The second kappa shape index (κ2) is 3.70. The fraction of sp³-hybridized carbons (Fsp3) is 0.167. The summed E-state index contributed by atoms with van der Waals surface area (Å²) in [6.45, 7) is 0. The minimum atomic E-state index is -3.07. The van der Waals surface area contributed by atoms with E-state index in [9.17, 15) is 23.7 Å². The fourth-order valence-electron chi connectivity index (χ4n) is 0.861. The average molecular weight is 225 g/mol. The maximum atomic E-state index is 12.2. The summed E-state index contributed by atoms with van der Waals surface area (Å²) in [5, 5.41) is 9.49. The molecule has 1 aromatic heterocycles. The van der Waals surface area contributed by atoms with Crippen LogP contribution in [0.25, 0.3) is 0 Å². The predicted octanol–water partition coefficient (Wildman–Crippen LogP) is 1.87. The van der Waals surface area contributed by atoms with Crippen LogP contribution in [0.5, 0.6) is 0 Å². The van der Waals surface area contributed by atoms with Gasteiger partial charge in [-0.25, -0.2) is 8.78 Å². The molecule has 0 aliphatic heterocycles. The van der Waals surface area contributed by atoms with Crippen molar-refractivity contribution >= 4 is 17.3 Å². The van der Waals surface area contributed by atoms with Gasteiger partial charge in [-0.05, 0) is 0 Å². The van der Waals surface area contributed by atoms with Crippen molar-refractivity contribution in [1.82, 2.24) is 4.98 Å². The first kappa shape index (κ1) is 10.6. The molecule has 0 aliphatic carbocycles. The van der Waals surface area contributed by atoms with Crippen LogP contribution in [0.1, 0.15) is 12.0 Å². The normalized spacial score (nSPS) is 10.6. The molecule has 0 spiro atoms. The highest BCUT2D eigenvalue weighted by Gasteiger charge is 2.27. The van der Waals surface area contributed by atoms with Crippen molar-refractivity contribution in [3.8, 4) is 0 Å². The Balaban J connectivity index is 3.54. The van der Waals surface area contributed by atoms with E-state index in [0.29, 0.717) is 6.20 Å². The molecular weight excluding hydrogens is 222 g/mol. The van der Waals surface area contributed by atoms with Gasteiger partial charge >= 0.3 is 5.69 Å². The largest absolute Gasteiger partial charge is 0.327 e. The third-order valence-electron chi connectivity index (χ3n) is 1.46. The molecule has 0 atom stereocenters. The van der Waals surface area contributed by atoms with Gasteiger partial charge in [0.1, 0.15) is 5.56 Å². The Morgan fingerprint density at radius 2 is 2.14 bits per heavy atom. The number of hydrogen-bond acceptors (Lipinski definition) is 3. The maximum Gasteiger partial charge on any atom is 0.303 e. The van der Waals surface area contributed by atoms with Crippen molar-refractivity contribution in [2.45, 2.75) is 6.43 Å². The monoisotopic (exact) mass is 224 g/mol. The molecule has 0 radical (unpaired) electrons. The zero-order valence-corrected chi connectivity index (χ0v) is 7.22. The van der Waals surface area contributed by atoms with E-state index in [1.807, 2.05) is 4.98 Å². The molecule has 76 valence electrons. The highest BCUT2D eigenvalue weighted by Crippen LogP contribution is 2.31. The molecule has 0 amide bonds. The summed E-state index contributed by atoms with van der Waals surface area (Å²) < 4.78 is 24.4. The second-order valence-electron chi connectivity index (χ2n) is 2.29. The van der Waals surface area contributed by atoms with Crippen LogP contribution in [0.3, 0.4) is 0 Å². The standard InChI is InChI=1S/C6H3ClF2N2O3/c7-3-4(11(13)14)2(5(8)9)1-10-6(3)12/h1,5H,(H,10,12). The van der Waals surface area contributed by atoms with Crippen molar-refractivity contribution in [2.24, 2.45) is 0 Å². The molecular formula is C6H3ClF2N2O3. The zero-order valence-electron chi connectivity index (χ0n) is 6.46. The summed E-state index contributed by atoms with van der Waals surface area (Å²) in [5.74, 6) is 0. The molecule has 1 aromatic rings. The summed E-state index contributed by atoms with van der Waals surface area (Å²) >= 11 is 5.22. The molecule has 14 heavy (non-hydrogen) atoms. The van der Waals surface area contributed by atoms with E-state index in [1.54, 1.807) is 0 Å². The van der Waals surface area contributed by atoms with Crippen LogP contribution in [-0.2, 0) is 0 Å². The molecule has 1 heterocycles. The Morgan fingerprint density at radius 1 is 1.57 bits per heavy atom. The quantitative estimate of drug-likeness (QED) is 0.615. The number of hydrogen-bond donors (Lipinski definition) is 1. The Hall–Kier alpha value is -1.50. The number of nitrogens with one attached hydrogen (secondary N) is 1. The van der Waals surface area contributed by atoms with Crippen molar-refractivity contribution in [1.29, 1.82) is 0 Å². The van der Waals surface area contributed by atoms with Crippen LogP contribution in [0, 0.1) is 10.1 Å². The van der Waals surface area contributed by atoms with E-state index in [4.69, 9.17) is 11.6 Å². The van der Waals surface area contributed by atoms with Gasteiger partial charge in [0.25, 0.3) is 12.0 Å². The summed E-state index contributed by atoms with van der Waals surface area (Å²) in [6.07, 6.45) is -2.48. The van der Waals surface area contributed by atoms with Crippen molar-refractivity contribution in [3.05, 3.63) is 37.3 Å². The van der Waals surface area contributed by atoms with Gasteiger partial charge in [-0.2, -0.15) is 0 Å². The fourth-order valence-corrected chi connectivity index (χ4v) is 1.09. The van der Waals surface area contributed by atoms with Gasteiger partial charge in [-0.3, -0.25) is 14.9 Å². The average Bonchev–Trinajstić information content (AvgIpc) is 2.08. The first-order valence-corrected chi connectivity index (χ1v) is 3.66. The van der Waals surface area contributed by atoms with Crippen LogP contribution in [0.15, 0.2) is 11.0 Å². The molecule has 0 fully saturated rings. The van der Waals surface area contributed by atoms with Gasteiger partial charge in [0, 0.05) is 6.20 Å². The van der Waals surface area contributed by atoms with E-state index in [1.165, 1.54) is 0 Å². The van der Waals surface area contributed by atoms with Crippen LogP contribution >= 0.6 is 11.6 Å². The SMILES string of the molecule is O=c1[nH]cc(C(F)F)c([N+](=O)[O-])c1Cl. The Labute approximate surface area is 80.5 Å². The molecule has 0 aliphatic rings. The third kappa shape index (κ3) is 1.72. The van der Waals surface area contributed by atoms with E-state index in [0.717, 1.165) is 0 Å². The van der Waals surface area contributed by atoms with Gasteiger partial charge in [0.15, 0.2) is 5.02 Å². The molecule has 8 heteroatoms. The Bertz CT molecular complexity index is 432. The number of aromatic amines is 1. The van der Waals surface area contributed by atoms with Gasteiger partial charge in [-0.15, -0.1) is 0 Å². The lowest BCUT2D eigenvalue weighted by Gasteiger charge is -2.01. The first-order valence-electron chi connectivity index (χ1n) is 3.28. The summed E-state index contributed by atoms with van der Waals surface area (Å²) in [7, 11) is 0. The Morgan fingerprint density at radius 3 is 2.57 bits per heavy atom. The van der Waals surface area contributed by atoms with E-state index < -0.39 is 33.2 Å². The summed E-state index contributed by atoms with van der Waals surface area (Å²) in [6, 6.07) is 0. The molecule has 0 bridgehead atoms. The lowest BCUT2D eigenvalue weighted by atomic mass is 10.2. The number of aromatic nitrogens is 1. The molecule has 0 saturated carbocycles. The van der Waals surface area contributed by atoms with Crippen LogP contribution < -0.4 is 5.56 Å². The molecule has 1 rings (SSSR count). The number of rotatable bonds is 2. The van der Waals surface area contributed by atoms with Gasteiger partial charge in [-0.1, -0.05) is 11.6 Å². The molecule has 0 saturated heterocycles. The van der Waals surface area contributed by atoms with Crippen molar-refractivity contribution in [2.75, 3.05) is 0 Å². The lowest BCUT2D eigenvalue weighted by molar-refractivity contribution is -0.386. The van der Waals surface area contributed by atoms with Crippen molar-refractivity contribution in [3.63, 3.8) is 0 Å². The van der Waals surface area contributed by atoms with Crippen LogP contribution in [-0.4, -0.2) is 9.91 Å². The number of pyridine rings is 1. The summed E-state index contributed by atoms with van der Waals surface area (Å²) in [5.41, 5.74) is -2.92. The van der Waals surface area contributed by atoms with E-state index in [2.05, 4.69) is 0 Å². The number of nitro groups is 1. The second-order valence-corrected chi connectivity index (χ2v) is 2.67. The minimum Gasteiger partial charge on any atom is -0.327 e. The minimum absolute atomic E-state index is 0.580. The predicted molar refractivity (Wildman–Crippen MR) is 43.7 cm³/mol. The lowest BCUT2D eigenvalue weighted by Crippen LogP contribution is -2.11. The van der Waals surface area contributed by atoms with Gasteiger partial charge in [0.2, 0.25) is 0 Å². The number of nitrogens with zero attached hydrogens (tertiary/aromatic N) is 1. The number of halogens is 3. The maximum absolute atomic E-state index is 12.2. The highest BCUT2D eigenvalue weighted by molar-refractivity contribution is 6.32. The van der Waals surface area contributed by atoms with Gasteiger partial charge in [0.05, 0.1) is 4.92 Å². The zero-order chi connectivity index (χ0) is 10.9. The smallest absolute Gasteiger partial charge is 0.303 e. The van der Waals surface area contributed by atoms with Crippen LogP contribution in [0.4, 0.5) is 14.5 Å². The van der Waals surface area contributed by atoms with Crippen LogP contribution in [0.2, 0.25) is 5.02 Å². The summed E-state index contributed by atoms with van der Waals surface area (Å²) in [4.78, 5) is 21.9. The third-order valence-corrected chi connectivity index (χ3v) is 1.81. The van der Waals surface area contributed by atoms with E-state index >= 15 is 0 Å². The topological polar surface area (TPSA) is 76.0 Å².